The van der Waals surface area contributed by atoms with E-state index in [1.807, 2.05) is 26.0 Å². The number of carbonyl (C=O) groups excluding carboxylic acids is 1. The number of carbonyl (C=O) groups is 1. The first-order valence-electron chi connectivity index (χ1n) is 9.18. The van der Waals surface area contributed by atoms with Crippen LogP contribution in [0.25, 0.3) is 10.9 Å². The van der Waals surface area contributed by atoms with Gasteiger partial charge in [-0.1, -0.05) is 0 Å². The number of hydrogen-bond donors (Lipinski definition) is 2. The Labute approximate surface area is 153 Å². The van der Waals surface area contributed by atoms with E-state index in [0.29, 0.717) is 5.56 Å². The molecule has 1 aromatic carbocycles. The molecule has 0 aliphatic carbocycles. The third-order valence-corrected chi connectivity index (χ3v) is 7.54. The Morgan fingerprint density at radius 1 is 1.19 bits per heavy atom. The van der Waals surface area contributed by atoms with Crippen molar-refractivity contribution in [2.24, 2.45) is 0 Å². The molecule has 26 heavy (non-hydrogen) atoms. The first kappa shape index (κ1) is 17.5. The predicted molar refractivity (Wildman–Crippen MR) is 102 cm³/mol. The van der Waals surface area contributed by atoms with Crippen molar-refractivity contribution in [1.29, 1.82) is 0 Å². The molecule has 2 saturated heterocycles. The quantitative estimate of drug-likeness (QED) is 0.857. The van der Waals surface area contributed by atoms with Crippen LogP contribution >= 0.6 is 0 Å². The summed E-state index contributed by atoms with van der Waals surface area (Å²) in [4.78, 5) is 18.3. The van der Waals surface area contributed by atoms with Crippen molar-refractivity contribution in [3.63, 3.8) is 0 Å². The van der Waals surface area contributed by atoms with Crippen LogP contribution in [-0.2, 0) is 9.84 Å². The molecule has 0 bridgehead atoms. The topological polar surface area (TPSA) is 82.3 Å². The average Bonchev–Trinajstić information content (AvgIpc) is 3.27. The van der Waals surface area contributed by atoms with Crippen LogP contribution in [0, 0.1) is 13.8 Å². The molecule has 2 atom stereocenters. The molecular weight excluding hydrogens is 350 g/mol. The minimum atomic E-state index is -3.11. The number of aromatic nitrogens is 1. The van der Waals surface area contributed by atoms with Gasteiger partial charge in [0.2, 0.25) is 0 Å². The number of H-pyrrole nitrogens is 1. The molecule has 6 nitrogen and oxygen atoms in total. The second kappa shape index (κ2) is 6.39. The van der Waals surface area contributed by atoms with Gasteiger partial charge in [0.25, 0.3) is 5.91 Å². The maximum atomic E-state index is 12.8. The Balaban J connectivity index is 1.57. The fourth-order valence-corrected chi connectivity index (χ4v) is 6.21. The highest BCUT2D eigenvalue weighted by Crippen LogP contribution is 2.25. The van der Waals surface area contributed by atoms with E-state index in [4.69, 9.17) is 0 Å². The number of aromatic amines is 1. The van der Waals surface area contributed by atoms with E-state index in [1.54, 1.807) is 6.07 Å². The van der Waals surface area contributed by atoms with Gasteiger partial charge in [-0.15, -0.1) is 0 Å². The van der Waals surface area contributed by atoms with Gasteiger partial charge in [-0.25, -0.2) is 8.42 Å². The largest absolute Gasteiger partial charge is 0.358 e. The van der Waals surface area contributed by atoms with Gasteiger partial charge in [0.15, 0.2) is 9.84 Å². The van der Waals surface area contributed by atoms with E-state index >= 15 is 0 Å². The third kappa shape index (κ3) is 3.14. The molecule has 2 N–H and O–H groups in total. The fraction of sp³-hybridized carbons (Fsp3) is 0.526. The minimum absolute atomic E-state index is 0.0322. The van der Waals surface area contributed by atoms with Crippen LogP contribution in [0.5, 0.6) is 0 Å². The lowest BCUT2D eigenvalue weighted by Crippen LogP contribution is -2.50. The normalized spacial score (nSPS) is 25.8. The molecule has 2 aliphatic heterocycles. The SMILES string of the molecule is Cc1[nH]c2ccc(C(=O)NC3CS(=O)(=O)CC3N3CCCC3)cc2c1C. The van der Waals surface area contributed by atoms with Gasteiger partial charge in [-0.05, 0) is 63.5 Å². The minimum Gasteiger partial charge on any atom is -0.358 e. The molecule has 1 amide bonds. The van der Waals surface area contributed by atoms with Crippen LogP contribution < -0.4 is 5.32 Å². The van der Waals surface area contributed by atoms with Crippen LogP contribution in [0.15, 0.2) is 18.2 Å². The third-order valence-electron chi connectivity index (χ3n) is 5.82. The summed E-state index contributed by atoms with van der Waals surface area (Å²) in [5.74, 6) is -0.0196. The molecule has 2 fully saturated rings. The summed E-state index contributed by atoms with van der Waals surface area (Å²) in [5, 5.41) is 4.03. The molecule has 4 rings (SSSR count). The van der Waals surface area contributed by atoms with Crippen LogP contribution in [0.2, 0.25) is 0 Å². The number of nitrogens with one attached hydrogen (secondary N) is 2. The van der Waals surface area contributed by atoms with Crippen molar-refractivity contribution in [2.45, 2.75) is 38.8 Å². The standard InChI is InChI=1S/C19H25N3O3S/c1-12-13(2)20-16-6-5-14(9-15(12)16)19(23)21-17-10-26(24,25)11-18(17)22-7-3-4-8-22/h5-6,9,17-18,20H,3-4,7-8,10-11H2,1-2H3,(H,21,23). The number of likely N-dealkylation sites (tertiary alicyclic amines) is 1. The molecule has 2 aromatic rings. The number of rotatable bonds is 3. The average molecular weight is 375 g/mol. The smallest absolute Gasteiger partial charge is 0.251 e. The Kier molecular flexibility index (Phi) is 4.31. The number of sulfone groups is 1. The number of aryl methyl sites for hydroxylation is 2. The van der Waals surface area contributed by atoms with Gasteiger partial charge < -0.3 is 10.3 Å². The summed E-state index contributed by atoms with van der Waals surface area (Å²) < 4.78 is 24.3. The highest BCUT2D eigenvalue weighted by Gasteiger charge is 2.42. The van der Waals surface area contributed by atoms with Crippen LogP contribution in [0.1, 0.15) is 34.5 Å². The molecule has 2 aliphatic rings. The summed E-state index contributed by atoms with van der Waals surface area (Å²) in [5.41, 5.74) is 3.81. The van der Waals surface area contributed by atoms with Crippen molar-refractivity contribution < 1.29 is 13.2 Å². The zero-order valence-corrected chi connectivity index (χ0v) is 16.0. The lowest BCUT2D eigenvalue weighted by atomic mass is 10.1. The fourth-order valence-electron chi connectivity index (χ4n) is 4.25. The van der Waals surface area contributed by atoms with Crippen LogP contribution in [-0.4, -0.2) is 60.9 Å². The van der Waals surface area contributed by atoms with Crippen molar-refractivity contribution in [2.75, 3.05) is 24.6 Å². The summed E-state index contributed by atoms with van der Waals surface area (Å²) in [6.07, 6.45) is 2.19. The van der Waals surface area contributed by atoms with Gasteiger partial charge >= 0.3 is 0 Å². The van der Waals surface area contributed by atoms with Crippen LogP contribution in [0.3, 0.4) is 0 Å². The van der Waals surface area contributed by atoms with Gasteiger partial charge in [0.05, 0.1) is 17.5 Å². The molecule has 0 spiro atoms. The zero-order chi connectivity index (χ0) is 18.5. The van der Waals surface area contributed by atoms with Gasteiger partial charge in [-0.3, -0.25) is 9.69 Å². The summed E-state index contributed by atoms with van der Waals surface area (Å²) in [6.45, 7) is 5.88. The Morgan fingerprint density at radius 3 is 2.65 bits per heavy atom. The molecular formula is C19H25N3O3S. The molecule has 0 radical (unpaired) electrons. The highest BCUT2D eigenvalue weighted by molar-refractivity contribution is 7.91. The van der Waals surface area contributed by atoms with Gasteiger partial charge in [-0.2, -0.15) is 0 Å². The molecule has 1 aromatic heterocycles. The van der Waals surface area contributed by atoms with E-state index in [-0.39, 0.29) is 29.5 Å². The van der Waals surface area contributed by atoms with Crippen molar-refractivity contribution in [1.82, 2.24) is 15.2 Å². The molecule has 140 valence electrons. The van der Waals surface area contributed by atoms with E-state index in [9.17, 15) is 13.2 Å². The monoisotopic (exact) mass is 375 g/mol. The van der Waals surface area contributed by atoms with Crippen molar-refractivity contribution in [3.05, 3.63) is 35.0 Å². The number of fused-ring (bicyclic) bond motifs is 1. The highest BCUT2D eigenvalue weighted by atomic mass is 32.2. The molecule has 2 unspecified atom stereocenters. The van der Waals surface area contributed by atoms with E-state index in [2.05, 4.69) is 15.2 Å². The van der Waals surface area contributed by atoms with Crippen molar-refractivity contribution in [3.8, 4) is 0 Å². The van der Waals surface area contributed by atoms with E-state index in [0.717, 1.165) is 48.1 Å². The zero-order valence-electron chi connectivity index (χ0n) is 15.2. The Bertz CT molecular complexity index is 958. The summed E-state index contributed by atoms with van der Waals surface area (Å²) in [7, 11) is -3.11. The summed E-state index contributed by atoms with van der Waals surface area (Å²) in [6, 6.07) is 5.15. The number of benzene rings is 1. The second-order valence-electron chi connectivity index (χ2n) is 7.60. The number of amides is 1. The lowest BCUT2D eigenvalue weighted by Gasteiger charge is -2.28. The Morgan fingerprint density at radius 2 is 1.92 bits per heavy atom. The predicted octanol–water partition coefficient (Wildman–Crippen LogP) is 1.78. The first-order valence-corrected chi connectivity index (χ1v) is 11.0. The molecule has 0 saturated carbocycles. The van der Waals surface area contributed by atoms with Crippen molar-refractivity contribution >= 4 is 26.6 Å². The maximum absolute atomic E-state index is 12.8. The lowest BCUT2D eigenvalue weighted by molar-refractivity contribution is 0.0919. The van der Waals surface area contributed by atoms with Gasteiger partial charge in [0, 0.05) is 28.2 Å². The van der Waals surface area contributed by atoms with Crippen LogP contribution in [0.4, 0.5) is 0 Å². The number of nitrogens with zero attached hydrogens (tertiary/aromatic N) is 1. The second-order valence-corrected chi connectivity index (χ2v) is 9.76. The summed E-state index contributed by atoms with van der Waals surface area (Å²) >= 11 is 0. The Hall–Kier alpha value is -1.86. The molecule has 7 heteroatoms. The van der Waals surface area contributed by atoms with E-state index in [1.165, 1.54) is 0 Å². The molecule has 3 heterocycles. The maximum Gasteiger partial charge on any atom is 0.251 e. The number of hydrogen-bond acceptors (Lipinski definition) is 4. The first-order chi connectivity index (χ1) is 12.3. The van der Waals surface area contributed by atoms with E-state index < -0.39 is 9.84 Å². The van der Waals surface area contributed by atoms with Gasteiger partial charge in [0.1, 0.15) is 0 Å².